The summed E-state index contributed by atoms with van der Waals surface area (Å²) in [6.45, 7) is 2.49. The van der Waals surface area contributed by atoms with Crippen LogP contribution in [0.2, 0.25) is 0 Å². The standard InChI is InChI=1S/C26H33N5OS/c1-30-23-12-11-20(16-22(23)25(29-30)26(32)31-13-7-2-3-8-14-31)27-17-21-18-33-24(28-21)15-19-9-5-4-6-10-19/h4-6,9-10,18,20,27H,2-3,7-8,11-17H2,1H3. The maximum absolute atomic E-state index is 13.3. The van der Waals surface area contributed by atoms with Crippen LogP contribution in [0, 0.1) is 0 Å². The summed E-state index contributed by atoms with van der Waals surface area (Å²) in [5.74, 6) is 0.124. The number of nitrogens with one attached hydrogen (secondary N) is 1. The van der Waals surface area contributed by atoms with Crippen molar-refractivity contribution in [3.05, 3.63) is 68.9 Å². The van der Waals surface area contributed by atoms with Gasteiger partial charge in [0.2, 0.25) is 0 Å². The number of carbonyl (C=O) groups is 1. The topological polar surface area (TPSA) is 63.1 Å². The third-order valence-electron chi connectivity index (χ3n) is 6.92. The molecule has 7 heteroatoms. The monoisotopic (exact) mass is 463 g/mol. The zero-order chi connectivity index (χ0) is 22.6. The molecule has 0 radical (unpaired) electrons. The molecule has 1 unspecified atom stereocenters. The number of aromatic nitrogens is 3. The molecular weight excluding hydrogens is 430 g/mol. The van der Waals surface area contributed by atoms with E-state index in [-0.39, 0.29) is 5.91 Å². The zero-order valence-electron chi connectivity index (χ0n) is 19.4. The van der Waals surface area contributed by atoms with Crippen molar-refractivity contribution in [1.82, 2.24) is 25.0 Å². The van der Waals surface area contributed by atoms with E-state index >= 15 is 0 Å². The highest BCUT2D eigenvalue weighted by molar-refractivity contribution is 7.09. The van der Waals surface area contributed by atoms with Crippen LogP contribution < -0.4 is 5.32 Å². The number of hydrogen-bond acceptors (Lipinski definition) is 5. The Morgan fingerprint density at radius 1 is 1.15 bits per heavy atom. The number of benzene rings is 1. The second-order valence-corrected chi connectivity index (χ2v) is 10.3. The Morgan fingerprint density at radius 2 is 1.94 bits per heavy atom. The lowest BCUT2D eigenvalue weighted by Crippen LogP contribution is -2.36. The van der Waals surface area contributed by atoms with E-state index in [2.05, 4.69) is 40.1 Å². The normalized spacial score (nSPS) is 18.7. The van der Waals surface area contributed by atoms with Crippen LogP contribution in [-0.2, 0) is 32.9 Å². The highest BCUT2D eigenvalue weighted by Gasteiger charge is 2.30. The molecule has 3 heterocycles. The average Bonchev–Trinajstić information content (AvgIpc) is 3.30. The first-order valence-corrected chi connectivity index (χ1v) is 13.1. The minimum atomic E-state index is 0.124. The Hall–Kier alpha value is -2.51. The lowest BCUT2D eigenvalue weighted by molar-refractivity contribution is 0.0753. The summed E-state index contributed by atoms with van der Waals surface area (Å²) < 4.78 is 1.94. The van der Waals surface area contributed by atoms with Crippen molar-refractivity contribution in [3.8, 4) is 0 Å². The zero-order valence-corrected chi connectivity index (χ0v) is 20.2. The van der Waals surface area contributed by atoms with Gasteiger partial charge in [-0.25, -0.2) is 4.98 Å². The van der Waals surface area contributed by atoms with Gasteiger partial charge in [0.1, 0.15) is 0 Å². The lowest BCUT2D eigenvalue weighted by Gasteiger charge is -2.25. The first-order valence-electron chi connectivity index (χ1n) is 12.2. The highest BCUT2D eigenvalue weighted by atomic mass is 32.1. The Kier molecular flexibility index (Phi) is 6.88. The van der Waals surface area contributed by atoms with E-state index in [1.54, 1.807) is 11.3 Å². The predicted molar refractivity (Wildman–Crippen MR) is 132 cm³/mol. The van der Waals surface area contributed by atoms with Gasteiger partial charge in [-0.2, -0.15) is 5.10 Å². The molecule has 0 saturated carbocycles. The SMILES string of the molecule is Cn1nc(C(=O)N2CCCCCC2)c2c1CCC(NCc1csc(Cc3ccccc3)n1)C2. The molecule has 0 bridgehead atoms. The van der Waals surface area contributed by atoms with Gasteiger partial charge in [0.25, 0.3) is 5.91 Å². The van der Waals surface area contributed by atoms with Gasteiger partial charge in [-0.15, -0.1) is 11.3 Å². The van der Waals surface area contributed by atoms with Crippen LogP contribution >= 0.6 is 11.3 Å². The van der Waals surface area contributed by atoms with E-state index in [0.29, 0.717) is 11.7 Å². The average molecular weight is 464 g/mol. The van der Waals surface area contributed by atoms with Gasteiger partial charge in [-0.3, -0.25) is 9.48 Å². The van der Waals surface area contributed by atoms with E-state index in [0.717, 1.165) is 74.4 Å². The second-order valence-electron chi connectivity index (χ2n) is 9.32. The van der Waals surface area contributed by atoms with Crippen LogP contribution in [0.25, 0.3) is 0 Å². The minimum Gasteiger partial charge on any atom is -0.337 e. The van der Waals surface area contributed by atoms with Crippen molar-refractivity contribution in [3.63, 3.8) is 0 Å². The van der Waals surface area contributed by atoms with Gasteiger partial charge in [0.05, 0.1) is 10.7 Å². The van der Waals surface area contributed by atoms with Gasteiger partial charge < -0.3 is 10.2 Å². The quantitative estimate of drug-likeness (QED) is 0.597. The Bertz CT molecular complexity index is 1080. The largest absolute Gasteiger partial charge is 0.337 e. The van der Waals surface area contributed by atoms with Crippen molar-refractivity contribution < 1.29 is 4.79 Å². The molecule has 1 saturated heterocycles. The molecule has 2 aliphatic rings. The fourth-order valence-electron chi connectivity index (χ4n) is 5.09. The molecule has 1 fully saturated rings. The smallest absolute Gasteiger partial charge is 0.274 e. The summed E-state index contributed by atoms with van der Waals surface area (Å²) in [5.41, 5.74) is 5.46. The van der Waals surface area contributed by atoms with E-state index in [9.17, 15) is 4.79 Å². The summed E-state index contributed by atoms with van der Waals surface area (Å²) in [6.07, 6.45) is 8.41. The number of likely N-dealkylation sites (tertiary alicyclic amines) is 1. The molecule has 174 valence electrons. The molecule has 33 heavy (non-hydrogen) atoms. The Morgan fingerprint density at radius 3 is 2.73 bits per heavy atom. The number of aryl methyl sites for hydroxylation is 1. The third kappa shape index (κ3) is 5.20. The molecule has 1 amide bonds. The van der Waals surface area contributed by atoms with Crippen LogP contribution in [0.3, 0.4) is 0 Å². The summed E-state index contributed by atoms with van der Waals surface area (Å²) in [6, 6.07) is 10.8. The molecule has 3 aromatic rings. The van der Waals surface area contributed by atoms with Crippen molar-refractivity contribution in [2.75, 3.05) is 13.1 Å². The van der Waals surface area contributed by atoms with Crippen molar-refractivity contribution in [1.29, 1.82) is 0 Å². The first kappa shape index (κ1) is 22.3. The van der Waals surface area contributed by atoms with E-state index < -0.39 is 0 Å². The number of carbonyl (C=O) groups excluding carboxylic acids is 1. The molecule has 5 rings (SSSR count). The molecule has 1 aliphatic heterocycles. The maximum atomic E-state index is 13.3. The van der Waals surface area contributed by atoms with Crippen molar-refractivity contribution in [2.45, 2.75) is 64.0 Å². The molecule has 1 aliphatic carbocycles. The van der Waals surface area contributed by atoms with E-state index in [4.69, 9.17) is 4.98 Å². The molecule has 6 nitrogen and oxygen atoms in total. The van der Waals surface area contributed by atoms with Gasteiger partial charge in [-0.1, -0.05) is 43.2 Å². The molecule has 0 spiro atoms. The number of nitrogens with zero attached hydrogens (tertiary/aromatic N) is 4. The van der Waals surface area contributed by atoms with Crippen LogP contribution in [0.5, 0.6) is 0 Å². The fraction of sp³-hybridized carbons (Fsp3) is 0.500. The molecule has 2 aromatic heterocycles. The van der Waals surface area contributed by atoms with Crippen LogP contribution in [0.1, 0.15) is 70.1 Å². The van der Waals surface area contributed by atoms with Gasteiger partial charge in [0.15, 0.2) is 5.69 Å². The third-order valence-corrected chi connectivity index (χ3v) is 7.82. The predicted octanol–water partition coefficient (Wildman–Crippen LogP) is 4.13. The van der Waals surface area contributed by atoms with Crippen LogP contribution in [-0.4, -0.2) is 44.7 Å². The number of fused-ring (bicyclic) bond motifs is 1. The van der Waals surface area contributed by atoms with Crippen molar-refractivity contribution in [2.24, 2.45) is 7.05 Å². The van der Waals surface area contributed by atoms with Crippen LogP contribution in [0.4, 0.5) is 0 Å². The highest BCUT2D eigenvalue weighted by Crippen LogP contribution is 2.26. The molecule has 1 aromatic carbocycles. The number of rotatable bonds is 6. The number of thiazole rings is 1. The Labute approximate surface area is 200 Å². The van der Waals surface area contributed by atoms with E-state index in [1.165, 1.54) is 24.1 Å². The molecule has 1 atom stereocenters. The second kappa shape index (κ2) is 10.2. The summed E-state index contributed by atoms with van der Waals surface area (Å²) in [4.78, 5) is 20.2. The Balaban J connectivity index is 1.22. The molecular formula is C26H33N5OS. The molecule has 1 N–H and O–H groups in total. The summed E-state index contributed by atoms with van der Waals surface area (Å²) in [7, 11) is 1.98. The summed E-state index contributed by atoms with van der Waals surface area (Å²) in [5, 5.41) is 11.7. The van der Waals surface area contributed by atoms with Gasteiger partial charge in [-0.05, 0) is 37.7 Å². The minimum absolute atomic E-state index is 0.124. The van der Waals surface area contributed by atoms with Crippen molar-refractivity contribution >= 4 is 17.2 Å². The lowest BCUT2D eigenvalue weighted by atomic mass is 9.91. The van der Waals surface area contributed by atoms with Crippen LogP contribution in [0.15, 0.2) is 35.7 Å². The van der Waals surface area contributed by atoms with Gasteiger partial charge >= 0.3 is 0 Å². The first-order chi connectivity index (χ1) is 16.2. The number of amides is 1. The number of hydrogen-bond donors (Lipinski definition) is 1. The summed E-state index contributed by atoms with van der Waals surface area (Å²) >= 11 is 1.73. The van der Waals surface area contributed by atoms with Gasteiger partial charge in [0, 0.05) is 55.8 Å². The van der Waals surface area contributed by atoms with E-state index in [1.807, 2.05) is 22.7 Å². The fourth-order valence-corrected chi connectivity index (χ4v) is 5.92. The maximum Gasteiger partial charge on any atom is 0.274 e.